The van der Waals surface area contributed by atoms with E-state index in [2.05, 4.69) is 5.32 Å². The molecule has 1 heterocycles. The van der Waals surface area contributed by atoms with Crippen molar-refractivity contribution in [2.75, 3.05) is 19.7 Å². The highest BCUT2D eigenvalue weighted by Crippen LogP contribution is 2.22. The number of ether oxygens (including phenoxy) is 1. The molecule has 0 aromatic heterocycles. The number of hydrogen-bond donors (Lipinski definition) is 2. The molecule has 0 spiro atoms. The minimum atomic E-state index is -0.897. The van der Waals surface area contributed by atoms with Gasteiger partial charge in [0.15, 0.2) is 0 Å². The first-order valence-corrected chi connectivity index (χ1v) is 6.29. The molecule has 0 unspecified atom stereocenters. The van der Waals surface area contributed by atoms with Crippen molar-refractivity contribution in [1.29, 1.82) is 0 Å². The van der Waals surface area contributed by atoms with Gasteiger partial charge in [0.25, 0.3) is 0 Å². The van der Waals surface area contributed by atoms with Gasteiger partial charge < -0.3 is 15.2 Å². The van der Waals surface area contributed by atoms with E-state index in [1.807, 2.05) is 37.3 Å². The maximum atomic E-state index is 10.4. The number of benzene rings is 1. The molecule has 3 heteroatoms. The zero-order valence-electron chi connectivity index (χ0n) is 10.4. The van der Waals surface area contributed by atoms with Gasteiger partial charge in [0.05, 0.1) is 12.7 Å². The Morgan fingerprint density at radius 1 is 1.29 bits per heavy atom. The lowest BCUT2D eigenvalue weighted by molar-refractivity contribution is -0.0735. The second kappa shape index (κ2) is 5.63. The predicted molar refractivity (Wildman–Crippen MR) is 67.9 cm³/mol. The molecule has 2 rings (SSSR count). The molecule has 17 heavy (non-hydrogen) atoms. The first kappa shape index (κ1) is 12.6. The van der Waals surface area contributed by atoms with Gasteiger partial charge in [-0.15, -0.1) is 0 Å². The van der Waals surface area contributed by atoms with Crippen molar-refractivity contribution in [2.24, 2.45) is 0 Å². The summed E-state index contributed by atoms with van der Waals surface area (Å²) in [6, 6.07) is 9.70. The van der Waals surface area contributed by atoms with Crippen LogP contribution in [0.15, 0.2) is 30.3 Å². The van der Waals surface area contributed by atoms with Crippen LogP contribution >= 0.6 is 0 Å². The molecular formula is C14H21NO2. The summed E-state index contributed by atoms with van der Waals surface area (Å²) in [6.07, 6.45) is 2.35. The van der Waals surface area contributed by atoms with Gasteiger partial charge in [-0.25, -0.2) is 0 Å². The van der Waals surface area contributed by atoms with Gasteiger partial charge in [-0.2, -0.15) is 0 Å². The summed E-state index contributed by atoms with van der Waals surface area (Å²) in [7, 11) is 0. The molecule has 0 bridgehead atoms. The van der Waals surface area contributed by atoms with Crippen LogP contribution in [0.2, 0.25) is 0 Å². The number of piperidine rings is 1. The van der Waals surface area contributed by atoms with E-state index in [4.69, 9.17) is 4.74 Å². The zero-order valence-corrected chi connectivity index (χ0v) is 10.4. The minimum Gasteiger partial charge on any atom is -0.383 e. The standard InChI is InChI=1S/C14H21NO2/c1-14(16,12-5-3-2-4-6-12)11-17-13-7-9-15-10-8-13/h2-6,13,15-16H,7-11H2,1H3/t14-/m1/s1. The molecule has 94 valence electrons. The van der Waals surface area contributed by atoms with Gasteiger partial charge in [0.1, 0.15) is 5.60 Å². The summed E-state index contributed by atoms with van der Waals surface area (Å²) < 4.78 is 5.81. The Kier molecular flexibility index (Phi) is 4.15. The van der Waals surface area contributed by atoms with Crippen LogP contribution in [0, 0.1) is 0 Å². The Bertz CT molecular complexity index is 331. The first-order valence-electron chi connectivity index (χ1n) is 6.29. The summed E-state index contributed by atoms with van der Waals surface area (Å²) >= 11 is 0. The van der Waals surface area contributed by atoms with Crippen molar-refractivity contribution in [2.45, 2.75) is 31.5 Å². The smallest absolute Gasteiger partial charge is 0.110 e. The molecule has 1 aromatic rings. The van der Waals surface area contributed by atoms with Crippen molar-refractivity contribution in [3.8, 4) is 0 Å². The third kappa shape index (κ3) is 3.53. The fraction of sp³-hybridized carbons (Fsp3) is 0.571. The predicted octanol–water partition coefficient (Wildman–Crippen LogP) is 1.66. The second-order valence-corrected chi connectivity index (χ2v) is 4.90. The quantitative estimate of drug-likeness (QED) is 0.834. The Hall–Kier alpha value is -0.900. The van der Waals surface area contributed by atoms with Crippen LogP contribution in [0.5, 0.6) is 0 Å². The molecule has 0 saturated carbocycles. The molecule has 1 atom stereocenters. The molecule has 1 fully saturated rings. The molecule has 0 radical (unpaired) electrons. The lowest BCUT2D eigenvalue weighted by Gasteiger charge is -2.29. The average molecular weight is 235 g/mol. The summed E-state index contributed by atoms with van der Waals surface area (Å²) in [5.74, 6) is 0. The van der Waals surface area contributed by atoms with Gasteiger partial charge >= 0.3 is 0 Å². The van der Waals surface area contributed by atoms with Crippen molar-refractivity contribution < 1.29 is 9.84 Å². The molecule has 1 aromatic carbocycles. The maximum absolute atomic E-state index is 10.4. The topological polar surface area (TPSA) is 41.5 Å². The molecule has 2 N–H and O–H groups in total. The summed E-state index contributed by atoms with van der Waals surface area (Å²) in [6.45, 7) is 4.20. The molecule has 1 saturated heterocycles. The third-order valence-electron chi connectivity index (χ3n) is 3.28. The Balaban J connectivity index is 1.88. The van der Waals surface area contributed by atoms with Gasteiger partial charge in [-0.05, 0) is 38.4 Å². The highest BCUT2D eigenvalue weighted by molar-refractivity contribution is 5.21. The number of aliphatic hydroxyl groups is 1. The van der Waals surface area contributed by atoms with Gasteiger partial charge in [-0.3, -0.25) is 0 Å². The van der Waals surface area contributed by atoms with E-state index in [9.17, 15) is 5.11 Å². The maximum Gasteiger partial charge on any atom is 0.110 e. The Morgan fingerprint density at radius 3 is 2.59 bits per heavy atom. The lowest BCUT2D eigenvalue weighted by atomic mass is 9.97. The molecule has 3 nitrogen and oxygen atoms in total. The van der Waals surface area contributed by atoms with Crippen molar-refractivity contribution >= 4 is 0 Å². The average Bonchev–Trinajstić information content (AvgIpc) is 2.39. The van der Waals surface area contributed by atoms with Crippen molar-refractivity contribution in [3.63, 3.8) is 0 Å². The molecule has 1 aliphatic heterocycles. The van der Waals surface area contributed by atoms with E-state index in [1.54, 1.807) is 0 Å². The van der Waals surface area contributed by atoms with E-state index in [-0.39, 0.29) is 6.10 Å². The van der Waals surface area contributed by atoms with Crippen LogP contribution in [0.4, 0.5) is 0 Å². The molecule has 0 aliphatic carbocycles. The number of hydrogen-bond acceptors (Lipinski definition) is 3. The number of nitrogens with one attached hydrogen (secondary N) is 1. The first-order chi connectivity index (χ1) is 8.18. The van der Waals surface area contributed by atoms with Crippen molar-refractivity contribution in [1.82, 2.24) is 5.32 Å². The fourth-order valence-corrected chi connectivity index (χ4v) is 2.12. The molecular weight excluding hydrogens is 214 g/mol. The van der Waals surface area contributed by atoms with E-state index in [0.29, 0.717) is 6.61 Å². The lowest BCUT2D eigenvalue weighted by Crippen LogP contribution is -2.36. The highest BCUT2D eigenvalue weighted by atomic mass is 16.5. The van der Waals surface area contributed by atoms with Gasteiger partial charge in [0, 0.05) is 0 Å². The third-order valence-corrected chi connectivity index (χ3v) is 3.28. The van der Waals surface area contributed by atoms with Crippen LogP contribution in [-0.2, 0) is 10.3 Å². The summed E-state index contributed by atoms with van der Waals surface area (Å²) in [5, 5.41) is 13.7. The van der Waals surface area contributed by atoms with Crippen LogP contribution < -0.4 is 5.32 Å². The largest absolute Gasteiger partial charge is 0.383 e. The zero-order chi connectivity index (χ0) is 12.1. The monoisotopic (exact) mass is 235 g/mol. The summed E-state index contributed by atoms with van der Waals surface area (Å²) in [5.41, 5.74) is 0.0144. The fourth-order valence-electron chi connectivity index (χ4n) is 2.12. The van der Waals surface area contributed by atoms with Gasteiger partial charge in [0.2, 0.25) is 0 Å². The molecule has 0 amide bonds. The van der Waals surface area contributed by atoms with Gasteiger partial charge in [-0.1, -0.05) is 30.3 Å². The summed E-state index contributed by atoms with van der Waals surface area (Å²) in [4.78, 5) is 0. The van der Waals surface area contributed by atoms with E-state index in [0.717, 1.165) is 31.5 Å². The van der Waals surface area contributed by atoms with Crippen LogP contribution in [0.3, 0.4) is 0 Å². The highest BCUT2D eigenvalue weighted by Gasteiger charge is 2.25. The Morgan fingerprint density at radius 2 is 1.94 bits per heavy atom. The van der Waals surface area contributed by atoms with Crippen molar-refractivity contribution in [3.05, 3.63) is 35.9 Å². The normalized spacial score (nSPS) is 21.1. The second-order valence-electron chi connectivity index (χ2n) is 4.90. The van der Waals surface area contributed by atoms with Crippen LogP contribution in [0.1, 0.15) is 25.3 Å². The van der Waals surface area contributed by atoms with Crippen LogP contribution in [0.25, 0.3) is 0 Å². The van der Waals surface area contributed by atoms with E-state index in [1.165, 1.54) is 0 Å². The van der Waals surface area contributed by atoms with E-state index >= 15 is 0 Å². The molecule has 1 aliphatic rings. The SMILES string of the molecule is C[C@@](O)(COC1CCNCC1)c1ccccc1. The van der Waals surface area contributed by atoms with E-state index < -0.39 is 5.60 Å². The Labute approximate surface area is 103 Å². The van der Waals surface area contributed by atoms with Crippen LogP contribution in [-0.4, -0.2) is 30.9 Å². The minimum absolute atomic E-state index is 0.284. The number of rotatable bonds is 4.